The summed E-state index contributed by atoms with van der Waals surface area (Å²) in [6.07, 6.45) is 1.95. The number of imidazole rings is 1. The van der Waals surface area contributed by atoms with Gasteiger partial charge >= 0.3 is 0 Å². The van der Waals surface area contributed by atoms with Gasteiger partial charge in [0.1, 0.15) is 11.4 Å². The Bertz CT molecular complexity index is 758. The highest BCUT2D eigenvalue weighted by Gasteiger charge is 2.15. The van der Waals surface area contributed by atoms with E-state index in [1.807, 2.05) is 42.0 Å². The molecule has 3 aromatic rings. The third-order valence-corrected chi connectivity index (χ3v) is 5.34. The Labute approximate surface area is 134 Å². The van der Waals surface area contributed by atoms with Crippen LogP contribution in [-0.2, 0) is 5.88 Å². The number of rotatable bonds is 3. The van der Waals surface area contributed by atoms with Crippen LogP contribution < -0.4 is 4.74 Å². The quantitative estimate of drug-likeness (QED) is 0.584. The number of hydrogen-bond acceptors (Lipinski definition) is 3. The van der Waals surface area contributed by atoms with Crippen LogP contribution in [0.15, 0.2) is 28.2 Å². The Morgan fingerprint density at radius 1 is 1.35 bits per heavy atom. The lowest BCUT2D eigenvalue weighted by Crippen LogP contribution is -1.92. The van der Waals surface area contributed by atoms with Crippen molar-refractivity contribution in [3.05, 3.63) is 45.0 Å². The molecule has 1 aromatic carbocycles. The van der Waals surface area contributed by atoms with Gasteiger partial charge in [0.25, 0.3) is 0 Å². The summed E-state index contributed by atoms with van der Waals surface area (Å²) in [5, 5.41) is 1.98. The van der Waals surface area contributed by atoms with E-state index in [4.69, 9.17) is 16.3 Å². The van der Waals surface area contributed by atoms with Crippen LogP contribution in [0, 0.1) is 13.8 Å². The number of halogens is 2. The van der Waals surface area contributed by atoms with E-state index in [2.05, 4.69) is 20.9 Å². The van der Waals surface area contributed by atoms with Crippen molar-refractivity contribution in [3.63, 3.8) is 0 Å². The maximum Gasteiger partial charge on any atom is 0.243 e. The summed E-state index contributed by atoms with van der Waals surface area (Å²) in [7, 11) is 0. The van der Waals surface area contributed by atoms with Gasteiger partial charge in [0.2, 0.25) is 5.88 Å². The average Bonchev–Trinajstić information content (AvgIpc) is 2.96. The van der Waals surface area contributed by atoms with Crippen molar-refractivity contribution in [2.45, 2.75) is 19.7 Å². The topological polar surface area (TPSA) is 26.5 Å². The van der Waals surface area contributed by atoms with Crippen molar-refractivity contribution in [1.82, 2.24) is 9.38 Å². The minimum absolute atomic E-state index is 0.363. The largest absolute Gasteiger partial charge is 0.437 e. The first-order valence-corrected chi connectivity index (χ1v) is 8.26. The van der Waals surface area contributed by atoms with E-state index in [1.54, 1.807) is 11.3 Å². The van der Waals surface area contributed by atoms with E-state index < -0.39 is 0 Å². The summed E-state index contributed by atoms with van der Waals surface area (Å²) in [4.78, 5) is 5.37. The Kier molecular flexibility index (Phi) is 3.75. The lowest BCUT2D eigenvalue weighted by atomic mass is 10.1. The van der Waals surface area contributed by atoms with Crippen molar-refractivity contribution < 1.29 is 4.74 Å². The molecule has 20 heavy (non-hydrogen) atoms. The maximum absolute atomic E-state index is 6.02. The highest BCUT2D eigenvalue weighted by atomic mass is 79.9. The first-order chi connectivity index (χ1) is 9.60. The second-order valence-corrected chi connectivity index (χ2v) is 6.46. The summed E-state index contributed by atoms with van der Waals surface area (Å²) in [6.45, 7) is 4.08. The average molecular weight is 372 g/mol. The number of fused-ring (bicyclic) bond motifs is 1. The highest BCUT2D eigenvalue weighted by molar-refractivity contribution is 9.10. The van der Waals surface area contributed by atoms with Gasteiger partial charge in [0.15, 0.2) is 4.96 Å². The van der Waals surface area contributed by atoms with Gasteiger partial charge in [-0.2, -0.15) is 4.98 Å². The molecule has 0 amide bonds. The Hall–Kier alpha value is -1.04. The molecular weight excluding hydrogens is 360 g/mol. The smallest absolute Gasteiger partial charge is 0.243 e. The van der Waals surface area contributed by atoms with Crippen molar-refractivity contribution in [2.24, 2.45) is 0 Å². The first-order valence-electron chi connectivity index (χ1n) is 6.05. The summed E-state index contributed by atoms with van der Waals surface area (Å²) >= 11 is 11.1. The molecule has 2 heterocycles. The molecule has 0 spiro atoms. The van der Waals surface area contributed by atoms with Crippen LogP contribution in [0.4, 0.5) is 0 Å². The second-order valence-electron chi connectivity index (χ2n) is 4.53. The molecule has 0 aliphatic carbocycles. The molecule has 0 N–H and O–H groups in total. The van der Waals surface area contributed by atoms with Gasteiger partial charge in [0, 0.05) is 16.0 Å². The molecule has 0 fully saturated rings. The summed E-state index contributed by atoms with van der Waals surface area (Å²) in [5.41, 5.74) is 3.14. The van der Waals surface area contributed by atoms with Gasteiger partial charge in [0.05, 0.1) is 5.88 Å². The van der Waals surface area contributed by atoms with Gasteiger partial charge in [-0.05, 0) is 37.1 Å². The van der Waals surface area contributed by atoms with Crippen molar-refractivity contribution in [3.8, 4) is 11.6 Å². The Morgan fingerprint density at radius 2 is 2.05 bits per heavy atom. The van der Waals surface area contributed by atoms with Gasteiger partial charge in [-0.1, -0.05) is 15.9 Å². The van der Waals surface area contributed by atoms with Crippen LogP contribution in [0.1, 0.15) is 16.8 Å². The van der Waals surface area contributed by atoms with E-state index in [9.17, 15) is 0 Å². The van der Waals surface area contributed by atoms with Crippen LogP contribution in [0.25, 0.3) is 4.96 Å². The first kappa shape index (κ1) is 13.9. The second kappa shape index (κ2) is 5.39. The lowest BCUT2D eigenvalue weighted by Gasteiger charge is -2.09. The summed E-state index contributed by atoms with van der Waals surface area (Å²) < 4.78 is 9.00. The monoisotopic (exact) mass is 370 g/mol. The van der Waals surface area contributed by atoms with Crippen molar-refractivity contribution >= 4 is 43.8 Å². The summed E-state index contributed by atoms with van der Waals surface area (Å²) in [5.74, 6) is 1.72. The number of alkyl halides is 1. The van der Waals surface area contributed by atoms with Crippen LogP contribution in [0.3, 0.4) is 0 Å². The molecule has 0 saturated heterocycles. The predicted octanol–water partition coefficient (Wildman–Crippen LogP) is 5.31. The SMILES string of the molecule is Cc1cc(Oc2nc3sccn3c2CCl)cc(C)c1Br. The molecular formula is C14H12BrClN2OS. The molecule has 0 atom stereocenters. The van der Waals surface area contributed by atoms with E-state index in [0.717, 1.165) is 32.0 Å². The van der Waals surface area contributed by atoms with Gasteiger partial charge in [-0.3, -0.25) is 4.40 Å². The highest BCUT2D eigenvalue weighted by Crippen LogP contribution is 2.32. The fraction of sp³-hybridized carbons (Fsp3) is 0.214. The van der Waals surface area contributed by atoms with E-state index in [0.29, 0.717) is 11.8 Å². The van der Waals surface area contributed by atoms with Crippen LogP contribution in [0.5, 0.6) is 11.6 Å². The normalized spacial score (nSPS) is 11.2. The zero-order valence-electron chi connectivity index (χ0n) is 11.0. The van der Waals surface area contributed by atoms with E-state index in [1.165, 1.54) is 0 Å². The third kappa shape index (κ3) is 2.34. The number of aromatic nitrogens is 2. The molecule has 104 valence electrons. The number of thiazole rings is 1. The van der Waals surface area contributed by atoms with Crippen LogP contribution >= 0.6 is 38.9 Å². The molecule has 3 rings (SSSR count). The molecule has 0 bridgehead atoms. The number of nitrogens with zero attached hydrogens (tertiary/aromatic N) is 2. The molecule has 0 aliphatic rings. The molecule has 0 radical (unpaired) electrons. The van der Waals surface area contributed by atoms with Crippen LogP contribution in [-0.4, -0.2) is 9.38 Å². The fourth-order valence-electron chi connectivity index (χ4n) is 2.09. The number of benzene rings is 1. The van der Waals surface area contributed by atoms with Crippen LogP contribution in [0.2, 0.25) is 0 Å². The minimum atomic E-state index is 0.363. The van der Waals surface area contributed by atoms with E-state index in [-0.39, 0.29) is 0 Å². The standard InChI is InChI=1S/C14H12BrClN2OS/c1-8-5-10(6-9(2)12(8)15)19-13-11(7-16)18-3-4-20-14(18)17-13/h3-6H,7H2,1-2H3. The fourth-order valence-corrected chi connectivity index (χ4v) is 3.29. The predicted molar refractivity (Wildman–Crippen MR) is 86.3 cm³/mol. The number of hydrogen-bond donors (Lipinski definition) is 0. The molecule has 3 nitrogen and oxygen atoms in total. The summed E-state index contributed by atoms with van der Waals surface area (Å²) in [6, 6.07) is 3.98. The molecule has 0 saturated carbocycles. The Balaban J connectivity index is 2.02. The van der Waals surface area contributed by atoms with E-state index >= 15 is 0 Å². The maximum atomic E-state index is 6.02. The zero-order valence-corrected chi connectivity index (χ0v) is 14.1. The molecule has 2 aromatic heterocycles. The Morgan fingerprint density at radius 3 is 2.70 bits per heavy atom. The lowest BCUT2D eigenvalue weighted by molar-refractivity contribution is 0.460. The number of aryl methyl sites for hydroxylation is 2. The molecule has 6 heteroatoms. The minimum Gasteiger partial charge on any atom is -0.437 e. The molecule has 0 aliphatic heterocycles. The van der Waals surface area contributed by atoms with Gasteiger partial charge in [-0.25, -0.2) is 0 Å². The van der Waals surface area contributed by atoms with Crippen molar-refractivity contribution in [2.75, 3.05) is 0 Å². The zero-order chi connectivity index (χ0) is 14.3. The third-order valence-electron chi connectivity index (χ3n) is 3.08. The molecule has 0 unspecified atom stereocenters. The number of ether oxygens (including phenoxy) is 1. The van der Waals surface area contributed by atoms with Gasteiger partial charge < -0.3 is 4.74 Å². The van der Waals surface area contributed by atoms with Crippen molar-refractivity contribution in [1.29, 1.82) is 0 Å². The van der Waals surface area contributed by atoms with Gasteiger partial charge in [-0.15, -0.1) is 22.9 Å².